The Kier molecular flexibility index (Phi) is 6.63. The summed E-state index contributed by atoms with van der Waals surface area (Å²) in [6.07, 6.45) is 1.43. The molecule has 0 saturated carbocycles. The van der Waals surface area contributed by atoms with Crippen molar-refractivity contribution >= 4 is 35.2 Å². The number of aryl methyl sites for hydroxylation is 1. The van der Waals surface area contributed by atoms with E-state index in [2.05, 4.69) is 5.32 Å². The van der Waals surface area contributed by atoms with Crippen LogP contribution < -0.4 is 10.1 Å². The zero-order chi connectivity index (χ0) is 21.5. The van der Waals surface area contributed by atoms with E-state index in [1.165, 1.54) is 6.08 Å². The molecular weight excluding hydrogens is 400 g/mol. The number of esters is 1. The van der Waals surface area contributed by atoms with E-state index in [9.17, 15) is 14.9 Å². The minimum atomic E-state index is -0.554. The van der Waals surface area contributed by atoms with Crippen LogP contribution in [0.4, 0.5) is 5.69 Å². The molecule has 1 N–H and O–H groups in total. The average molecular weight is 417 g/mol. The normalized spacial score (nSPS) is 10.8. The Hall–Kier alpha value is -3.88. The van der Waals surface area contributed by atoms with Crippen molar-refractivity contribution in [2.75, 3.05) is 5.32 Å². The molecule has 0 bridgehead atoms. The number of amides is 1. The summed E-state index contributed by atoms with van der Waals surface area (Å²) in [6, 6.07) is 22.1. The van der Waals surface area contributed by atoms with Gasteiger partial charge in [0, 0.05) is 10.7 Å². The average Bonchev–Trinajstić information content (AvgIpc) is 2.74. The third-order valence-electron chi connectivity index (χ3n) is 4.13. The van der Waals surface area contributed by atoms with Crippen molar-refractivity contribution in [2.45, 2.75) is 6.92 Å². The second-order valence-electron chi connectivity index (χ2n) is 6.46. The molecule has 0 radical (unpaired) electrons. The van der Waals surface area contributed by atoms with Gasteiger partial charge in [0.1, 0.15) is 17.4 Å². The molecule has 6 heteroatoms. The lowest BCUT2D eigenvalue weighted by Crippen LogP contribution is -2.13. The molecule has 148 valence electrons. The van der Waals surface area contributed by atoms with Crippen molar-refractivity contribution in [3.05, 3.63) is 100 Å². The summed E-state index contributed by atoms with van der Waals surface area (Å²) >= 11 is 5.83. The molecule has 3 aromatic carbocycles. The van der Waals surface area contributed by atoms with E-state index < -0.39 is 11.9 Å². The van der Waals surface area contributed by atoms with Gasteiger partial charge in [-0.2, -0.15) is 5.26 Å². The number of benzene rings is 3. The lowest BCUT2D eigenvalue weighted by molar-refractivity contribution is -0.112. The third-order valence-corrected chi connectivity index (χ3v) is 4.39. The summed E-state index contributed by atoms with van der Waals surface area (Å²) in [7, 11) is 0. The number of hydrogen-bond acceptors (Lipinski definition) is 4. The first-order valence-corrected chi connectivity index (χ1v) is 9.40. The van der Waals surface area contributed by atoms with E-state index in [0.717, 1.165) is 5.56 Å². The Morgan fingerprint density at radius 1 is 1.03 bits per heavy atom. The molecule has 0 aliphatic carbocycles. The number of nitrogens with one attached hydrogen (secondary N) is 1. The highest BCUT2D eigenvalue weighted by atomic mass is 35.5. The molecule has 3 aromatic rings. The van der Waals surface area contributed by atoms with Gasteiger partial charge in [0.05, 0.1) is 5.56 Å². The highest BCUT2D eigenvalue weighted by Crippen LogP contribution is 2.19. The predicted molar refractivity (Wildman–Crippen MR) is 116 cm³/mol. The van der Waals surface area contributed by atoms with E-state index in [-0.39, 0.29) is 5.57 Å². The quantitative estimate of drug-likeness (QED) is 0.261. The van der Waals surface area contributed by atoms with Crippen LogP contribution in [-0.4, -0.2) is 11.9 Å². The van der Waals surface area contributed by atoms with Gasteiger partial charge in [0.2, 0.25) is 0 Å². The zero-order valence-corrected chi connectivity index (χ0v) is 16.8. The van der Waals surface area contributed by atoms with E-state index in [1.807, 2.05) is 25.1 Å². The smallest absolute Gasteiger partial charge is 0.343 e. The largest absolute Gasteiger partial charge is 0.423 e. The fraction of sp³-hybridized carbons (Fsp3) is 0.0417. The minimum Gasteiger partial charge on any atom is -0.423 e. The van der Waals surface area contributed by atoms with Crippen molar-refractivity contribution in [3.63, 3.8) is 0 Å². The number of rotatable bonds is 5. The van der Waals surface area contributed by atoms with Crippen molar-refractivity contribution in [3.8, 4) is 11.8 Å². The molecule has 0 atom stereocenters. The predicted octanol–water partition coefficient (Wildman–Crippen LogP) is 5.41. The van der Waals surface area contributed by atoms with Crippen LogP contribution in [0.25, 0.3) is 6.08 Å². The standard InChI is InChI=1S/C24H17ClN2O3/c1-16-5-7-18(8-6-16)24(29)30-22-4-2-3-17(14-22)13-19(15-26)23(28)27-21-11-9-20(25)10-12-21/h2-14H,1H3,(H,27,28)/b19-13+. The van der Waals surface area contributed by atoms with Crippen LogP contribution in [0.2, 0.25) is 5.02 Å². The van der Waals surface area contributed by atoms with E-state index >= 15 is 0 Å². The maximum atomic E-state index is 12.4. The molecular formula is C24H17ClN2O3. The minimum absolute atomic E-state index is 0.0908. The van der Waals surface area contributed by atoms with Crippen LogP contribution in [0.5, 0.6) is 5.75 Å². The summed E-state index contributed by atoms with van der Waals surface area (Å²) in [4.78, 5) is 24.7. The van der Waals surface area contributed by atoms with Crippen LogP contribution in [0.3, 0.4) is 0 Å². The summed E-state index contributed by atoms with van der Waals surface area (Å²) in [6.45, 7) is 1.93. The number of anilines is 1. The van der Waals surface area contributed by atoms with Crippen molar-refractivity contribution in [1.82, 2.24) is 0 Å². The van der Waals surface area contributed by atoms with Gasteiger partial charge in [0.25, 0.3) is 5.91 Å². The van der Waals surface area contributed by atoms with Crippen LogP contribution in [0.15, 0.2) is 78.4 Å². The molecule has 0 heterocycles. The van der Waals surface area contributed by atoms with E-state index in [1.54, 1.807) is 60.7 Å². The maximum Gasteiger partial charge on any atom is 0.343 e. The maximum absolute atomic E-state index is 12.4. The lowest BCUT2D eigenvalue weighted by atomic mass is 10.1. The number of hydrogen-bond donors (Lipinski definition) is 1. The molecule has 30 heavy (non-hydrogen) atoms. The Morgan fingerprint density at radius 3 is 2.40 bits per heavy atom. The van der Waals surface area contributed by atoms with Gasteiger partial charge in [-0.05, 0) is 67.1 Å². The number of halogens is 1. The molecule has 0 aromatic heterocycles. The van der Waals surface area contributed by atoms with Gasteiger partial charge < -0.3 is 10.1 Å². The SMILES string of the molecule is Cc1ccc(C(=O)Oc2cccc(/C=C(\C#N)C(=O)Nc3ccc(Cl)cc3)c2)cc1. The summed E-state index contributed by atoms with van der Waals surface area (Å²) in [5.41, 5.74) is 2.45. The van der Waals surface area contributed by atoms with Crippen LogP contribution in [0.1, 0.15) is 21.5 Å². The third kappa shape index (κ3) is 5.57. The van der Waals surface area contributed by atoms with Gasteiger partial charge >= 0.3 is 5.97 Å². The molecule has 0 unspecified atom stereocenters. The fourth-order valence-corrected chi connectivity index (χ4v) is 2.70. The first kappa shape index (κ1) is 20.8. The fourth-order valence-electron chi connectivity index (χ4n) is 2.57. The second-order valence-corrected chi connectivity index (χ2v) is 6.90. The number of carbonyl (C=O) groups excluding carboxylic acids is 2. The topological polar surface area (TPSA) is 79.2 Å². The Labute approximate surface area is 179 Å². The van der Waals surface area contributed by atoms with Gasteiger partial charge in [-0.3, -0.25) is 4.79 Å². The lowest BCUT2D eigenvalue weighted by Gasteiger charge is -2.06. The van der Waals surface area contributed by atoms with Gasteiger partial charge in [-0.25, -0.2) is 4.79 Å². The van der Waals surface area contributed by atoms with Crippen LogP contribution in [0, 0.1) is 18.3 Å². The zero-order valence-electron chi connectivity index (χ0n) is 16.1. The van der Waals surface area contributed by atoms with Crippen molar-refractivity contribution < 1.29 is 14.3 Å². The number of nitriles is 1. The first-order chi connectivity index (χ1) is 14.4. The first-order valence-electron chi connectivity index (χ1n) is 9.02. The summed E-state index contributed by atoms with van der Waals surface area (Å²) < 4.78 is 5.40. The molecule has 0 aliphatic heterocycles. The van der Waals surface area contributed by atoms with Crippen LogP contribution in [-0.2, 0) is 4.79 Å². The highest BCUT2D eigenvalue weighted by molar-refractivity contribution is 6.30. The molecule has 5 nitrogen and oxygen atoms in total. The van der Waals surface area contributed by atoms with Crippen molar-refractivity contribution in [2.24, 2.45) is 0 Å². The Bertz CT molecular complexity index is 1140. The molecule has 1 amide bonds. The van der Waals surface area contributed by atoms with E-state index in [4.69, 9.17) is 16.3 Å². The monoisotopic (exact) mass is 416 g/mol. The Balaban J connectivity index is 1.74. The second kappa shape index (κ2) is 9.55. The van der Waals surface area contributed by atoms with Gasteiger partial charge in [-0.15, -0.1) is 0 Å². The van der Waals surface area contributed by atoms with Gasteiger partial charge in [0.15, 0.2) is 0 Å². The summed E-state index contributed by atoms with van der Waals surface area (Å²) in [5, 5.41) is 12.6. The molecule has 0 saturated heterocycles. The molecule has 0 aliphatic rings. The van der Waals surface area contributed by atoms with Gasteiger partial charge in [-0.1, -0.05) is 41.4 Å². The van der Waals surface area contributed by atoms with Crippen molar-refractivity contribution in [1.29, 1.82) is 5.26 Å². The molecule has 0 spiro atoms. The highest BCUT2D eigenvalue weighted by Gasteiger charge is 2.11. The van der Waals surface area contributed by atoms with E-state index in [0.29, 0.717) is 27.6 Å². The molecule has 3 rings (SSSR count). The number of nitrogens with zero attached hydrogens (tertiary/aromatic N) is 1. The van der Waals surface area contributed by atoms with Crippen LogP contribution >= 0.6 is 11.6 Å². The molecule has 0 fully saturated rings. The Morgan fingerprint density at radius 2 is 1.73 bits per heavy atom. The number of carbonyl (C=O) groups is 2. The summed E-state index contributed by atoms with van der Waals surface area (Å²) in [5.74, 6) is -0.733. The number of ether oxygens (including phenoxy) is 1.